The monoisotopic (exact) mass is 328 g/mol. The number of imide groups is 1. The minimum atomic E-state index is -0.224. The molecule has 24 heavy (non-hydrogen) atoms. The van der Waals surface area contributed by atoms with E-state index >= 15 is 0 Å². The molecule has 3 amide bonds. The Labute approximate surface area is 142 Å². The summed E-state index contributed by atoms with van der Waals surface area (Å²) in [6.45, 7) is 2.69. The molecular formula is C18H24N4O2. The minimum Gasteiger partial charge on any atom is -0.311 e. The second-order valence-electron chi connectivity index (χ2n) is 7.06. The number of fused-ring (bicyclic) bond motifs is 2. The molecule has 0 radical (unpaired) electrons. The van der Waals surface area contributed by atoms with Crippen LogP contribution in [0.5, 0.6) is 0 Å². The molecule has 1 aromatic rings. The molecular weight excluding hydrogens is 304 g/mol. The zero-order chi connectivity index (χ0) is 16.8. The van der Waals surface area contributed by atoms with Gasteiger partial charge in [0.2, 0.25) is 5.91 Å². The second-order valence-corrected chi connectivity index (χ2v) is 7.06. The summed E-state index contributed by atoms with van der Waals surface area (Å²) in [5.41, 5.74) is 2.78. The summed E-state index contributed by atoms with van der Waals surface area (Å²) in [6, 6.07) is 8.51. The number of hydrogen-bond donors (Lipinski definition) is 1. The zero-order valence-corrected chi connectivity index (χ0v) is 14.2. The molecule has 0 aliphatic carbocycles. The predicted molar refractivity (Wildman–Crippen MR) is 90.2 cm³/mol. The summed E-state index contributed by atoms with van der Waals surface area (Å²) in [5, 5.41) is 3.37. The van der Waals surface area contributed by atoms with E-state index in [4.69, 9.17) is 0 Å². The van der Waals surface area contributed by atoms with Crippen LogP contribution in [-0.2, 0) is 17.8 Å². The van der Waals surface area contributed by atoms with Crippen molar-refractivity contribution < 1.29 is 9.59 Å². The minimum absolute atomic E-state index is 0.0563. The van der Waals surface area contributed by atoms with Gasteiger partial charge in [-0.2, -0.15) is 0 Å². The first-order valence-corrected chi connectivity index (χ1v) is 8.66. The van der Waals surface area contributed by atoms with Crippen LogP contribution in [0.15, 0.2) is 24.3 Å². The largest absolute Gasteiger partial charge is 0.327 e. The summed E-state index contributed by atoms with van der Waals surface area (Å²) in [5.74, 6) is -0.254. The Hall–Kier alpha value is -1.92. The van der Waals surface area contributed by atoms with Crippen molar-refractivity contribution >= 4 is 11.9 Å². The highest BCUT2D eigenvalue weighted by atomic mass is 16.2. The zero-order valence-electron chi connectivity index (χ0n) is 14.2. The van der Waals surface area contributed by atoms with Gasteiger partial charge in [0.25, 0.3) is 0 Å². The van der Waals surface area contributed by atoms with Crippen molar-refractivity contribution in [1.29, 1.82) is 0 Å². The molecule has 3 aliphatic rings. The standard InChI is InChI=1S/C18H24N4O2/c1-20-16-15(17(23)21(2)18(20)24)14(7-9-19-16)22-10-8-12-5-3-4-6-13(12)11-22/h3-6,14-16,19H,7-11H2,1-2H3. The van der Waals surface area contributed by atoms with Gasteiger partial charge >= 0.3 is 6.03 Å². The van der Waals surface area contributed by atoms with Gasteiger partial charge < -0.3 is 4.90 Å². The van der Waals surface area contributed by atoms with Crippen LogP contribution in [0, 0.1) is 5.92 Å². The van der Waals surface area contributed by atoms with E-state index in [9.17, 15) is 9.59 Å². The lowest BCUT2D eigenvalue weighted by atomic mass is 9.84. The number of nitrogens with one attached hydrogen (secondary N) is 1. The Balaban J connectivity index is 1.61. The van der Waals surface area contributed by atoms with Crippen LogP contribution in [0.4, 0.5) is 4.79 Å². The van der Waals surface area contributed by atoms with Crippen molar-refractivity contribution in [2.24, 2.45) is 5.92 Å². The van der Waals surface area contributed by atoms with Crippen LogP contribution in [0.3, 0.4) is 0 Å². The fourth-order valence-electron chi connectivity index (χ4n) is 4.46. The molecule has 0 aromatic heterocycles. The summed E-state index contributed by atoms with van der Waals surface area (Å²) >= 11 is 0. The molecule has 0 spiro atoms. The van der Waals surface area contributed by atoms with Crippen LogP contribution in [0.25, 0.3) is 0 Å². The quantitative estimate of drug-likeness (QED) is 0.831. The molecule has 0 bridgehead atoms. The van der Waals surface area contributed by atoms with Crippen molar-refractivity contribution in [3.63, 3.8) is 0 Å². The third-order valence-corrected chi connectivity index (χ3v) is 5.80. The lowest BCUT2D eigenvalue weighted by Crippen LogP contribution is -2.70. The molecule has 3 aliphatic heterocycles. The topological polar surface area (TPSA) is 55.9 Å². The molecule has 6 nitrogen and oxygen atoms in total. The second kappa shape index (κ2) is 5.86. The molecule has 1 aromatic carbocycles. The van der Waals surface area contributed by atoms with E-state index in [-0.39, 0.29) is 30.1 Å². The van der Waals surface area contributed by atoms with E-state index in [0.717, 1.165) is 32.5 Å². The van der Waals surface area contributed by atoms with Crippen LogP contribution in [0.1, 0.15) is 17.5 Å². The number of amides is 3. The third-order valence-electron chi connectivity index (χ3n) is 5.80. The van der Waals surface area contributed by atoms with Crippen molar-refractivity contribution in [2.75, 3.05) is 27.2 Å². The molecule has 2 fully saturated rings. The smallest absolute Gasteiger partial charge is 0.311 e. The summed E-state index contributed by atoms with van der Waals surface area (Å²) in [7, 11) is 3.37. The highest BCUT2D eigenvalue weighted by Gasteiger charge is 2.50. The molecule has 2 saturated heterocycles. The lowest BCUT2D eigenvalue weighted by molar-refractivity contribution is -0.143. The number of nitrogens with zero attached hydrogens (tertiary/aromatic N) is 3. The van der Waals surface area contributed by atoms with Crippen LogP contribution in [0.2, 0.25) is 0 Å². The summed E-state index contributed by atoms with van der Waals surface area (Å²) in [4.78, 5) is 30.4. The fraction of sp³-hybridized carbons (Fsp3) is 0.556. The first kappa shape index (κ1) is 15.6. The number of piperidine rings is 1. The number of urea groups is 1. The SMILES string of the molecule is CN1C(=O)C2C(N3CCc4ccccc4C3)CCNC2N(C)C1=O. The van der Waals surface area contributed by atoms with Gasteiger partial charge in [-0.15, -0.1) is 0 Å². The molecule has 3 heterocycles. The van der Waals surface area contributed by atoms with Crippen molar-refractivity contribution in [2.45, 2.75) is 31.6 Å². The average molecular weight is 328 g/mol. The highest BCUT2D eigenvalue weighted by molar-refractivity contribution is 5.98. The normalized spacial score (nSPS) is 31.0. The lowest BCUT2D eigenvalue weighted by Gasteiger charge is -2.51. The summed E-state index contributed by atoms with van der Waals surface area (Å²) < 4.78 is 0. The van der Waals surface area contributed by atoms with Gasteiger partial charge in [-0.3, -0.25) is 19.9 Å². The van der Waals surface area contributed by atoms with Gasteiger partial charge in [0, 0.05) is 33.2 Å². The first-order chi connectivity index (χ1) is 11.6. The number of carbonyl (C=O) groups is 2. The average Bonchev–Trinajstić information content (AvgIpc) is 2.63. The molecule has 128 valence electrons. The van der Waals surface area contributed by atoms with Crippen molar-refractivity contribution in [1.82, 2.24) is 20.0 Å². The van der Waals surface area contributed by atoms with E-state index in [2.05, 4.69) is 34.5 Å². The third kappa shape index (κ3) is 2.32. The maximum Gasteiger partial charge on any atom is 0.327 e. The van der Waals surface area contributed by atoms with Crippen LogP contribution in [-0.4, -0.2) is 66.0 Å². The molecule has 3 unspecified atom stereocenters. The summed E-state index contributed by atoms with van der Waals surface area (Å²) in [6.07, 6.45) is 1.76. The number of carbonyl (C=O) groups excluding carboxylic acids is 2. The maximum atomic E-state index is 12.8. The van der Waals surface area contributed by atoms with Crippen molar-refractivity contribution in [3.8, 4) is 0 Å². The van der Waals surface area contributed by atoms with Gasteiger partial charge in [-0.1, -0.05) is 24.3 Å². The number of rotatable bonds is 1. The Bertz CT molecular complexity index is 677. The van der Waals surface area contributed by atoms with Crippen LogP contribution >= 0.6 is 0 Å². The number of benzene rings is 1. The van der Waals surface area contributed by atoms with Gasteiger partial charge in [-0.05, 0) is 30.5 Å². The Kier molecular flexibility index (Phi) is 3.81. The molecule has 4 rings (SSSR count). The van der Waals surface area contributed by atoms with Gasteiger partial charge in [0.1, 0.15) is 0 Å². The van der Waals surface area contributed by atoms with E-state index in [1.54, 1.807) is 19.0 Å². The van der Waals surface area contributed by atoms with Crippen molar-refractivity contribution in [3.05, 3.63) is 35.4 Å². The molecule has 6 heteroatoms. The highest BCUT2D eigenvalue weighted by Crippen LogP contribution is 2.32. The van der Waals surface area contributed by atoms with E-state index in [0.29, 0.717) is 0 Å². The Morgan fingerprint density at radius 3 is 2.67 bits per heavy atom. The Morgan fingerprint density at radius 2 is 1.88 bits per heavy atom. The number of hydrogen-bond acceptors (Lipinski definition) is 4. The van der Waals surface area contributed by atoms with Gasteiger partial charge in [0.05, 0.1) is 12.1 Å². The predicted octanol–water partition coefficient (Wildman–Crippen LogP) is 0.873. The van der Waals surface area contributed by atoms with Gasteiger partial charge in [-0.25, -0.2) is 4.79 Å². The first-order valence-electron chi connectivity index (χ1n) is 8.66. The van der Waals surface area contributed by atoms with E-state index in [1.807, 2.05) is 0 Å². The van der Waals surface area contributed by atoms with E-state index in [1.165, 1.54) is 16.0 Å². The molecule has 3 atom stereocenters. The van der Waals surface area contributed by atoms with E-state index < -0.39 is 0 Å². The fourth-order valence-corrected chi connectivity index (χ4v) is 4.46. The van der Waals surface area contributed by atoms with Gasteiger partial charge in [0.15, 0.2) is 0 Å². The van der Waals surface area contributed by atoms with Crippen LogP contribution < -0.4 is 5.32 Å². The Morgan fingerprint density at radius 1 is 1.12 bits per heavy atom. The maximum absolute atomic E-state index is 12.8. The molecule has 1 N–H and O–H groups in total. The molecule has 0 saturated carbocycles.